The van der Waals surface area contributed by atoms with Gasteiger partial charge in [-0.3, -0.25) is 4.79 Å². The van der Waals surface area contributed by atoms with Crippen molar-refractivity contribution in [3.05, 3.63) is 0 Å². The van der Waals surface area contributed by atoms with E-state index in [9.17, 15) is 35.7 Å². The van der Waals surface area contributed by atoms with Crippen molar-refractivity contribution >= 4 is 6.04 Å². The van der Waals surface area contributed by atoms with Gasteiger partial charge in [-0.15, -0.1) is 0 Å². The fourth-order valence-corrected chi connectivity index (χ4v) is 0.274. The Morgan fingerprint density at radius 3 is 1.42 bits per heavy atom. The van der Waals surface area contributed by atoms with Crippen molar-refractivity contribution in [1.29, 1.82) is 0 Å². The van der Waals surface area contributed by atoms with E-state index in [0.717, 1.165) is 0 Å². The number of carbonyl (C=O) groups is 1. The molecule has 0 radical (unpaired) electrons. The standard InChI is InChI=1S/C3F7NO/c4-1(12)2(5,11(9)10)3(6,7)8/t2-/m1/s1. The third-order valence-electron chi connectivity index (χ3n) is 0.869. The highest BCUT2D eigenvalue weighted by Gasteiger charge is 2.69. The van der Waals surface area contributed by atoms with Crippen LogP contribution in [-0.4, -0.2) is 23.4 Å². The molecule has 2 nitrogen and oxygen atoms in total. The van der Waals surface area contributed by atoms with E-state index in [4.69, 9.17) is 0 Å². The number of hydrogen-bond acceptors (Lipinski definition) is 2. The molecule has 0 aromatic rings. The molecule has 0 aliphatic carbocycles. The monoisotopic (exact) mass is 199 g/mol. The van der Waals surface area contributed by atoms with Gasteiger partial charge in [-0.25, -0.2) is 0 Å². The second-order valence-electron chi connectivity index (χ2n) is 1.63. The van der Waals surface area contributed by atoms with Crippen LogP contribution in [0.15, 0.2) is 0 Å². The summed E-state index contributed by atoms with van der Waals surface area (Å²) in [6.07, 6.45) is -6.32. The summed E-state index contributed by atoms with van der Waals surface area (Å²) < 4.78 is 79.1. The molecular formula is C3F7NO. The molecular weight excluding hydrogens is 199 g/mol. The zero-order valence-corrected chi connectivity index (χ0v) is 5.00. The van der Waals surface area contributed by atoms with Gasteiger partial charge in [0.05, 0.1) is 5.34 Å². The van der Waals surface area contributed by atoms with Crippen molar-refractivity contribution < 1.29 is 35.7 Å². The first-order valence-corrected chi connectivity index (χ1v) is 2.21. The fourth-order valence-electron chi connectivity index (χ4n) is 0.274. The molecule has 0 amide bonds. The molecule has 0 unspecified atom stereocenters. The second-order valence-corrected chi connectivity index (χ2v) is 1.63. The van der Waals surface area contributed by atoms with Gasteiger partial charge in [-0.05, 0) is 0 Å². The lowest BCUT2D eigenvalue weighted by Gasteiger charge is -2.21. The van der Waals surface area contributed by atoms with Crippen LogP contribution in [0.1, 0.15) is 0 Å². The maximum absolute atomic E-state index is 11.9. The summed E-state index contributed by atoms with van der Waals surface area (Å²) in [4.78, 5) is 9.27. The Hall–Kier alpha value is -0.860. The predicted octanol–water partition coefficient (Wildman–Crippen LogP) is 1.78. The van der Waals surface area contributed by atoms with Crippen molar-refractivity contribution in [3.8, 4) is 0 Å². The minimum absolute atomic E-state index is 3.17. The van der Waals surface area contributed by atoms with E-state index in [1.54, 1.807) is 0 Å². The SMILES string of the molecule is O=C(F)[C@@](F)(N(F)F)C(F)(F)F. The van der Waals surface area contributed by atoms with Gasteiger partial charge in [0.2, 0.25) is 0 Å². The van der Waals surface area contributed by atoms with E-state index in [1.807, 2.05) is 0 Å². The molecule has 0 fully saturated rings. The number of halogens is 7. The third kappa shape index (κ3) is 1.49. The minimum atomic E-state index is -6.32. The molecule has 12 heavy (non-hydrogen) atoms. The molecule has 0 saturated carbocycles. The quantitative estimate of drug-likeness (QED) is 0.292. The molecule has 0 aromatic carbocycles. The van der Waals surface area contributed by atoms with Crippen LogP contribution >= 0.6 is 0 Å². The van der Waals surface area contributed by atoms with Crippen molar-refractivity contribution in [2.75, 3.05) is 0 Å². The van der Waals surface area contributed by atoms with Gasteiger partial charge in [0.25, 0.3) is 0 Å². The minimum Gasteiger partial charge on any atom is -0.255 e. The topological polar surface area (TPSA) is 20.3 Å². The van der Waals surface area contributed by atoms with Crippen molar-refractivity contribution in [3.63, 3.8) is 0 Å². The van der Waals surface area contributed by atoms with E-state index < -0.39 is 23.4 Å². The molecule has 0 bridgehead atoms. The predicted molar refractivity (Wildman–Crippen MR) is 20.1 cm³/mol. The average molecular weight is 199 g/mol. The first kappa shape index (κ1) is 11.1. The summed E-state index contributed by atoms with van der Waals surface area (Å²) in [6.45, 7) is 0. The first-order valence-electron chi connectivity index (χ1n) is 2.21. The van der Waals surface area contributed by atoms with Crippen molar-refractivity contribution in [1.82, 2.24) is 5.34 Å². The van der Waals surface area contributed by atoms with Crippen LogP contribution in [-0.2, 0) is 4.79 Å². The van der Waals surface area contributed by atoms with Gasteiger partial charge in [-0.1, -0.05) is 8.96 Å². The number of rotatable bonds is 2. The lowest BCUT2D eigenvalue weighted by Crippen LogP contribution is -2.53. The zero-order valence-electron chi connectivity index (χ0n) is 5.00. The molecule has 0 aliphatic heterocycles. The van der Waals surface area contributed by atoms with Gasteiger partial charge in [0, 0.05) is 0 Å². The summed E-state index contributed by atoms with van der Waals surface area (Å²) in [5.74, 6) is -5.87. The van der Waals surface area contributed by atoms with Crippen LogP contribution in [0.4, 0.5) is 30.9 Å². The van der Waals surface area contributed by atoms with Gasteiger partial charge < -0.3 is 0 Å². The highest BCUT2D eigenvalue weighted by Crippen LogP contribution is 2.38. The summed E-state index contributed by atoms with van der Waals surface area (Å²) in [5.41, 5.74) is 0. The Labute approximate surface area is 60.4 Å². The zero-order chi connectivity index (χ0) is 10.2. The van der Waals surface area contributed by atoms with Gasteiger partial charge in [0.1, 0.15) is 0 Å². The highest BCUT2D eigenvalue weighted by atomic mass is 19.4. The Bertz CT molecular complexity index is 188. The lowest BCUT2D eigenvalue weighted by atomic mass is 10.3. The maximum atomic E-state index is 11.9. The van der Waals surface area contributed by atoms with E-state index >= 15 is 0 Å². The molecule has 0 aromatic heterocycles. The average Bonchev–Trinajstić information content (AvgIpc) is 1.82. The molecule has 0 saturated heterocycles. The van der Waals surface area contributed by atoms with Crippen molar-refractivity contribution in [2.24, 2.45) is 0 Å². The Morgan fingerprint density at radius 2 is 1.42 bits per heavy atom. The van der Waals surface area contributed by atoms with Gasteiger partial charge in [0.15, 0.2) is 0 Å². The van der Waals surface area contributed by atoms with Gasteiger partial charge in [-0.2, -0.15) is 22.0 Å². The fraction of sp³-hybridized carbons (Fsp3) is 0.667. The molecule has 9 heteroatoms. The number of carbonyl (C=O) groups excluding carboxylic acids is 1. The molecule has 0 aliphatic rings. The van der Waals surface area contributed by atoms with Crippen LogP contribution < -0.4 is 0 Å². The van der Waals surface area contributed by atoms with Crippen LogP contribution in [0.5, 0.6) is 0 Å². The first-order chi connectivity index (χ1) is 5.14. The summed E-state index contributed by atoms with van der Waals surface area (Å²) in [6, 6.07) is -3.82. The smallest absolute Gasteiger partial charge is 0.255 e. The molecule has 72 valence electrons. The number of nitrogens with zero attached hydrogens (tertiary/aromatic N) is 1. The van der Waals surface area contributed by atoms with E-state index in [1.165, 1.54) is 0 Å². The van der Waals surface area contributed by atoms with Crippen LogP contribution in [0.25, 0.3) is 0 Å². The molecule has 0 heterocycles. The van der Waals surface area contributed by atoms with E-state index in [2.05, 4.69) is 0 Å². The summed E-state index contributed by atoms with van der Waals surface area (Å²) in [7, 11) is 0. The van der Waals surface area contributed by atoms with E-state index in [-0.39, 0.29) is 0 Å². The van der Waals surface area contributed by atoms with Crippen LogP contribution in [0.3, 0.4) is 0 Å². The number of hydrogen-bond donors (Lipinski definition) is 0. The van der Waals surface area contributed by atoms with Crippen LogP contribution in [0, 0.1) is 0 Å². The number of alkyl halides is 4. The highest BCUT2D eigenvalue weighted by molar-refractivity contribution is 5.78. The Morgan fingerprint density at radius 1 is 1.08 bits per heavy atom. The second kappa shape index (κ2) is 2.88. The van der Waals surface area contributed by atoms with E-state index in [0.29, 0.717) is 0 Å². The summed E-state index contributed by atoms with van der Waals surface area (Å²) in [5, 5.41) is -3.17. The molecule has 0 rings (SSSR count). The normalized spacial score (nSPS) is 17.7. The lowest BCUT2D eigenvalue weighted by molar-refractivity contribution is -0.365. The third-order valence-corrected chi connectivity index (χ3v) is 0.869. The molecule has 0 spiro atoms. The molecule has 0 N–H and O–H groups in total. The maximum Gasteiger partial charge on any atom is 0.452 e. The Balaban J connectivity index is 5.02. The van der Waals surface area contributed by atoms with Gasteiger partial charge >= 0.3 is 18.0 Å². The molecule has 1 atom stereocenters. The Kier molecular flexibility index (Phi) is 2.68. The van der Waals surface area contributed by atoms with Crippen LogP contribution in [0.2, 0.25) is 0 Å². The van der Waals surface area contributed by atoms with Crippen molar-refractivity contribution in [2.45, 2.75) is 12.0 Å². The summed E-state index contributed by atoms with van der Waals surface area (Å²) >= 11 is 0. The largest absolute Gasteiger partial charge is 0.452 e.